The molecule has 0 amide bonds. The number of aromatic nitrogens is 1. The van der Waals surface area contributed by atoms with E-state index in [1.807, 2.05) is 0 Å². The third-order valence-electron chi connectivity index (χ3n) is 8.65. The highest BCUT2D eigenvalue weighted by Gasteiger charge is 2.53. The second-order valence-electron chi connectivity index (χ2n) is 10.1. The summed E-state index contributed by atoms with van der Waals surface area (Å²) in [6, 6.07) is 0. The standard InChI is InChI=1S/C28H20BN/c1-2-6-17-18-7-4-5-8-19-22-14-16-13-21(16)26-25-20-12-15(20)10-11-24(25)29(23(17)9-3-1)30(27(18)19)28(22)26/h1,3-6,8-11,14-16,20-21H,7,12-13H2. The van der Waals surface area contributed by atoms with Gasteiger partial charge in [0.1, 0.15) is 0 Å². The molecule has 4 unspecified atom stereocenters. The molecule has 4 atom stereocenters. The largest absolute Gasteiger partial charge is 0.375 e. The molecular weight excluding hydrogens is 361 g/mol. The number of fused-ring (bicyclic) bond motifs is 9. The molecule has 2 heteroatoms. The zero-order chi connectivity index (χ0) is 19.1. The average Bonchev–Trinajstić information content (AvgIpc) is 3.65. The van der Waals surface area contributed by atoms with E-state index in [0.29, 0.717) is 6.85 Å². The Bertz CT molecular complexity index is 1620. The van der Waals surface area contributed by atoms with Crippen molar-refractivity contribution in [3.63, 3.8) is 0 Å². The molecule has 0 N–H and O–H groups in total. The maximum Gasteiger partial charge on any atom is 0.329 e. The van der Waals surface area contributed by atoms with E-state index in [1.165, 1.54) is 45.2 Å². The number of nitrogens with zero attached hydrogens (tertiary/aromatic N) is 1. The molecule has 0 aromatic carbocycles. The number of hydrogen-bond donors (Lipinski definition) is 0. The van der Waals surface area contributed by atoms with Crippen molar-refractivity contribution in [2.24, 2.45) is 23.7 Å². The van der Waals surface area contributed by atoms with E-state index in [-0.39, 0.29) is 0 Å². The minimum absolute atomic E-state index is 0.314. The maximum absolute atomic E-state index is 3.42. The third kappa shape index (κ3) is 1.54. The van der Waals surface area contributed by atoms with Crippen molar-refractivity contribution in [1.29, 1.82) is 0 Å². The lowest BCUT2D eigenvalue weighted by atomic mass is 9.43. The predicted octanol–water partition coefficient (Wildman–Crippen LogP) is 1.99. The minimum Gasteiger partial charge on any atom is -0.375 e. The van der Waals surface area contributed by atoms with Crippen molar-refractivity contribution in [3.05, 3.63) is 97.6 Å². The molecule has 3 heterocycles. The zero-order valence-corrected chi connectivity index (χ0v) is 16.7. The fourth-order valence-electron chi connectivity index (χ4n) is 7.28. The van der Waals surface area contributed by atoms with Crippen LogP contribution in [0, 0.1) is 23.7 Å². The van der Waals surface area contributed by atoms with Crippen molar-refractivity contribution >= 4 is 30.1 Å². The average molecular weight is 381 g/mol. The summed E-state index contributed by atoms with van der Waals surface area (Å²) in [7, 11) is 0. The van der Waals surface area contributed by atoms with Gasteiger partial charge in [-0.15, -0.1) is 5.73 Å². The number of hydrogen-bond acceptors (Lipinski definition) is 0. The van der Waals surface area contributed by atoms with Crippen molar-refractivity contribution in [2.75, 3.05) is 0 Å². The Morgan fingerprint density at radius 3 is 2.87 bits per heavy atom. The highest BCUT2D eigenvalue weighted by molar-refractivity contribution is 6.75. The third-order valence-corrected chi connectivity index (χ3v) is 8.65. The van der Waals surface area contributed by atoms with E-state index in [1.54, 1.807) is 22.0 Å². The summed E-state index contributed by atoms with van der Waals surface area (Å²) in [5.74, 6) is 3.10. The normalized spacial score (nSPS) is 33.8. The van der Waals surface area contributed by atoms with Crippen LogP contribution in [-0.4, -0.2) is 11.3 Å². The molecule has 140 valence electrons. The zero-order valence-electron chi connectivity index (χ0n) is 16.7. The summed E-state index contributed by atoms with van der Waals surface area (Å²) in [6.45, 7) is 0.314. The lowest BCUT2D eigenvalue weighted by Crippen LogP contribution is -2.53. The topological polar surface area (TPSA) is 4.93 Å². The quantitative estimate of drug-likeness (QED) is 0.479. The van der Waals surface area contributed by atoms with E-state index < -0.39 is 0 Å². The lowest BCUT2D eigenvalue weighted by Gasteiger charge is -2.35. The Balaban J connectivity index is 1.59. The molecule has 30 heavy (non-hydrogen) atoms. The van der Waals surface area contributed by atoms with Crippen LogP contribution < -0.4 is 21.1 Å². The molecule has 1 nitrogen and oxygen atoms in total. The molecule has 2 fully saturated rings. The molecule has 1 aromatic heterocycles. The molecule has 0 spiro atoms. The van der Waals surface area contributed by atoms with Crippen LogP contribution in [0.2, 0.25) is 0 Å². The molecule has 2 aliphatic heterocycles. The molecule has 0 radical (unpaired) electrons. The molecule has 2 saturated carbocycles. The minimum atomic E-state index is 0.314. The van der Waals surface area contributed by atoms with Gasteiger partial charge in [0.15, 0.2) is 0 Å². The summed E-state index contributed by atoms with van der Waals surface area (Å²) < 4.78 is 2.76. The molecule has 1 aromatic rings. The smallest absolute Gasteiger partial charge is 0.329 e. The Morgan fingerprint density at radius 2 is 1.87 bits per heavy atom. The second kappa shape index (κ2) is 4.69. The van der Waals surface area contributed by atoms with Crippen molar-refractivity contribution in [3.8, 4) is 0 Å². The molecular formula is C28H20BN. The van der Waals surface area contributed by atoms with Crippen LogP contribution in [0.5, 0.6) is 0 Å². The first-order valence-electron chi connectivity index (χ1n) is 11.5. The summed E-state index contributed by atoms with van der Waals surface area (Å²) in [5.41, 5.74) is 12.8. The van der Waals surface area contributed by atoms with Crippen molar-refractivity contribution in [2.45, 2.75) is 19.3 Å². The van der Waals surface area contributed by atoms with E-state index in [4.69, 9.17) is 0 Å². The van der Waals surface area contributed by atoms with Gasteiger partial charge < -0.3 is 4.48 Å². The number of allylic oxidation sites excluding steroid dienone is 11. The van der Waals surface area contributed by atoms with E-state index in [2.05, 4.69) is 71.0 Å². The summed E-state index contributed by atoms with van der Waals surface area (Å²) in [5, 5.41) is 6.06. The fraction of sp³-hybridized carbons (Fsp3) is 0.250. The second-order valence-corrected chi connectivity index (χ2v) is 10.1. The van der Waals surface area contributed by atoms with Gasteiger partial charge in [0.25, 0.3) is 0 Å². The van der Waals surface area contributed by atoms with Gasteiger partial charge in [0.2, 0.25) is 0 Å². The van der Waals surface area contributed by atoms with Gasteiger partial charge in [-0.1, -0.05) is 48.6 Å². The molecule has 9 rings (SSSR count). The summed E-state index contributed by atoms with van der Waals surface area (Å²) in [6.07, 6.45) is 27.2. The van der Waals surface area contributed by atoms with Crippen LogP contribution in [0.3, 0.4) is 0 Å². The molecule has 0 bridgehead atoms. The van der Waals surface area contributed by atoms with Crippen LogP contribution in [0.15, 0.2) is 76.4 Å². The number of rotatable bonds is 0. The predicted molar refractivity (Wildman–Crippen MR) is 122 cm³/mol. The Kier molecular flexibility index (Phi) is 2.33. The molecule has 8 aliphatic rings. The first-order valence-corrected chi connectivity index (χ1v) is 11.5. The van der Waals surface area contributed by atoms with Gasteiger partial charge in [-0.25, -0.2) is 0 Å². The summed E-state index contributed by atoms with van der Waals surface area (Å²) in [4.78, 5) is 0. The SMILES string of the molecule is C1=CC=CC2=C(C=1)C1=c3c(c4c5n3B2C2=C(C=5C3CC3C=4)C3CC3C=C2)=CC=CC1. The van der Waals surface area contributed by atoms with Crippen molar-refractivity contribution in [1.82, 2.24) is 4.48 Å². The van der Waals surface area contributed by atoms with Crippen LogP contribution >= 0.6 is 0 Å². The Labute approximate surface area is 175 Å². The Hall–Kier alpha value is -2.96. The van der Waals surface area contributed by atoms with Gasteiger partial charge in [-0.05, 0) is 88.3 Å². The highest BCUT2D eigenvalue weighted by Crippen LogP contribution is 2.59. The lowest BCUT2D eigenvalue weighted by molar-refractivity contribution is 0.870. The van der Waals surface area contributed by atoms with E-state index >= 15 is 0 Å². The van der Waals surface area contributed by atoms with Crippen LogP contribution in [0.4, 0.5) is 0 Å². The van der Waals surface area contributed by atoms with Crippen LogP contribution in [0.1, 0.15) is 19.3 Å². The Morgan fingerprint density at radius 1 is 0.933 bits per heavy atom. The maximum atomic E-state index is 3.42. The molecule has 0 saturated heterocycles. The fourth-order valence-corrected chi connectivity index (χ4v) is 7.28. The van der Waals surface area contributed by atoms with E-state index in [9.17, 15) is 0 Å². The highest BCUT2D eigenvalue weighted by atomic mass is 14.9. The van der Waals surface area contributed by atoms with Crippen LogP contribution in [-0.2, 0) is 0 Å². The van der Waals surface area contributed by atoms with Gasteiger partial charge in [0, 0.05) is 21.1 Å². The van der Waals surface area contributed by atoms with Crippen LogP contribution in [0.25, 0.3) is 23.3 Å². The summed E-state index contributed by atoms with van der Waals surface area (Å²) >= 11 is 0. The van der Waals surface area contributed by atoms with Gasteiger partial charge in [-0.3, -0.25) is 0 Å². The van der Waals surface area contributed by atoms with Gasteiger partial charge in [-0.2, -0.15) is 0 Å². The monoisotopic (exact) mass is 381 g/mol. The first kappa shape index (κ1) is 14.9. The van der Waals surface area contributed by atoms with Gasteiger partial charge in [0.05, 0.1) is 0 Å². The van der Waals surface area contributed by atoms with Gasteiger partial charge >= 0.3 is 6.85 Å². The van der Waals surface area contributed by atoms with E-state index in [0.717, 1.165) is 30.1 Å². The first-order chi connectivity index (χ1) is 14.9. The van der Waals surface area contributed by atoms with Crippen molar-refractivity contribution < 1.29 is 0 Å². The molecule has 6 aliphatic carbocycles.